The molecule has 0 aliphatic carbocycles. The molecule has 0 bridgehead atoms. The van der Waals surface area contributed by atoms with E-state index in [0.29, 0.717) is 60.0 Å². The number of carbonyl (C=O) groups is 2. The summed E-state index contributed by atoms with van der Waals surface area (Å²) in [5.74, 6) is -0.174. The number of piperazine rings is 1. The van der Waals surface area contributed by atoms with Crippen LogP contribution in [0, 0.1) is 0 Å². The van der Waals surface area contributed by atoms with Crippen molar-refractivity contribution in [3.63, 3.8) is 0 Å². The van der Waals surface area contributed by atoms with Gasteiger partial charge in [0.15, 0.2) is 5.78 Å². The molecule has 5 nitrogen and oxygen atoms in total. The molecule has 1 fully saturated rings. The van der Waals surface area contributed by atoms with E-state index in [0.717, 1.165) is 29.8 Å². The lowest BCUT2D eigenvalue weighted by Gasteiger charge is -2.40. The zero-order chi connectivity index (χ0) is 31.3. The fraction of sp³-hybridized carbons (Fsp3) is 0.257. The molecule has 1 aliphatic rings. The Balaban J connectivity index is 1.26. The number of ketones is 1. The van der Waals surface area contributed by atoms with Crippen molar-refractivity contribution >= 4 is 34.7 Å². The predicted molar refractivity (Wildman–Crippen MR) is 169 cm³/mol. The van der Waals surface area contributed by atoms with Crippen LogP contribution in [0.25, 0.3) is 11.1 Å². The second kappa shape index (κ2) is 13.7. The molecule has 5 rings (SSSR count). The topological polar surface area (TPSA) is 52.7 Å². The number of nitrogens with one attached hydrogen (secondary N) is 1. The van der Waals surface area contributed by atoms with Gasteiger partial charge in [0.2, 0.25) is 0 Å². The first kappa shape index (κ1) is 31.3. The molecule has 1 N–H and O–H groups in total. The van der Waals surface area contributed by atoms with Gasteiger partial charge in [-0.15, -0.1) is 0 Å². The Bertz CT molecular complexity index is 1600. The maximum Gasteiger partial charge on any atom is 0.416 e. The van der Waals surface area contributed by atoms with Gasteiger partial charge in [-0.2, -0.15) is 13.2 Å². The Hall–Kier alpha value is -4.14. The van der Waals surface area contributed by atoms with E-state index in [4.69, 9.17) is 11.6 Å². The summed E-state index contributed by atoms with van der Waals surface area (Å²) in [5.41, 5.74) is 2.95. The molecule has 1 heterocycles. The van der Waals surface area contributed by atoms with Gasteiger partial charge in [0, 0.05) is 43.9 Å². The quantitative estimate of drug-likeness (QED) is 0.204. The number of nitrogens with zero attached hydrogens (tertiary/aromatic N) is 2. The van der Waals surface area contributed by atoms with E-state index < -0.39 is 17.6 Å². The second-order valence-electron chi connectivity index (χ2n) is 10.8. The maximum absolute atomic E-state index is 13.3. The van der Waals surface area contributed by atoms with Crippen molar-refractivity contribution in [1.29, 1.82) is 0 Å². The Morgan fingerprint density at radius 2 is 1.52 bits per heavy atom. The van der Waals surface area contributed by atoms with Crippen LogP contribution in [0.3, 0.4) is 0 Å². The van der Waals surface area contributed by atoms with Gasteiger partial charge < -0.3 is 10.2 Å². The first-order valence-corrected chi connectivity index (χ1v) is 15.0. The summed E-state index contributed by atoms with van der Waals surface area (Å²) in [6.07, 6.45) is -3.10. The van der Waals surface area contributed by atoms with Crippen LogP contribution < -0.4 is 10.2 Å². The molecule has 228 valence electrons. The van der Waals surface area contributed by atoms with Gasteiger partial charge in [0.1, 0.15) is 0 Å². The van der Waals surface area contributed by atoms with Crippen LogP contribution >= 0.6 is 11.6 Å². The zero-order valence-corrected chi connectivity index (χ0v) is 25.0. The molecule has 1 aliphatic heterocycles. The van der Waals surface area contributed by atoms with E-state index in [2.05, 4.69) is 15.1 Å². The van der Waals surface area contributed by atoms with Crippen molar-refractivity contribution in [3.8, 4) is 11.1 Å². The van der Waals surface area contributed by atoms with Gasteiger partial charge in [0.25, 0.3) is 5.91 Å². The highest BCUT2D eigenvalue weighted by atomic mass is 35.5. The van der Waals surface area contributed by atoms with Gasteiger partial charge in [0.05, 0.1) is 22.3 Å². The van der Waals surface area contributed by atoms with Crippen LogP contribution in [0.4, 0.5) is 24.5 Å². The normalized spacial score (nSPS) is 14.7. The standard InChI is InChI=1S/C35H33ClF3N3O2/c1-2-8-32(43)33(25-9-4-3-5-10-25)42-21-19-41(20-22-42)31-18-17-27(23-30(31)36)40-34(44)29-12-7-6-11-28(29)24-13-15-26(16-14-24)35(37,38)39/h3-7,9-18,23,33H,2,8,19-22H2,1H3,(H,40,44). The number of rotatable bonds is 9. The Morgan fingerprint density at radius 1 is 0.864 bits per heavy atom. The lowest BCUT2D eigenvalue weighted by molar-refractivity contribution is -0.137. The first-order valence-electron chi connectivity index (χ1n) is 14.6. The highest BCUT2D eigenvalue weighted by molar-refractivity contribution is 6.33. The minimum Gasteiger partial charge on any atom is -0.368 e. The van der Waals surface area contributed by atoms with E-state index in [1.165, 1.54) is 12.1 Å². The Kier molecular flexibility index (Phi) is 9.71. The minimum atomic E-state index is -4.44. The fourth-order valence-electron chi connectivity index (χ4n) is 5.65. The summed E-state index contributed by atoms with van der Waals surface area (Å²) < 4.78 is 39.1. The number of hydrogen-bond acceptors (Lipinski definition) is 4. The monoisotopic (exact) mass is 619 g/mol. The van der Waals surface area contributed by atoms with Crippen molar-refractivity contribution in [1.82, 2.24) is 4.90 Å². The molecule has 44 heavy (non-hydrogen) atoms. The molecule has 1 unspecified atom stereocenters. The number of hydrogen-bond donors (Lipinski definition) is 1. The molecule has 0 radical (unpaired) electrons. The molecular formula is C35H33ClF3N3O2. The average Bonchev–Trinajstić information content (AvgIpc) is 3.02. The van der Waals surface area contributed by atoms with Crippen LogP contribution in [0.1, 0.15) is 47.3 Å². The van der Waals surface area contributed by atoms with Gasteiger partial charge >= 0.3 is 6.18 Å². The zero-order valence-electron chi connectivity index (χ0n) is 24.3. The van der Waals surface area contributed by atoms with E-state index in [1.807, 2.05) is 43.3 Å². The molecule has 1 amide bonds. The summed E-state index contributed by atoms with van der Waals surface area (Å²) in [4.78, 5) is 30.8. The van der Waals surface area contributed by atoms with Gasteiger partial charge in [-0.3, -0.25) is 14.5 Å². The van der Waals surface area contributed by atoms with Crippen LogP contribution in [0.2, 0.25) is 5.02 Å². The van der Waals surface area contributed by atoms with Crippen molar-refractivity contribution < 1.29 is 22.8 Å². The molecule has 0 spiro atoms. The van der Waals surface area contributed by atoms with Crippen molar-refractivity contribution in [3.05, 3.63) is 119 Å². The van der Waals surface area contributed by atoms with Crippen molar-refractivity contribution in [2.45, 2.75) is 32.0 Å². The van der Waals surface area contributed by atoms with Crippen LogP contribution in [-0.4, -0.2) is 42.8 Å². The number of alkyl halides is 3. The Morgan fingerprint density at radius 3 is 2.16 bits per heavy atom. The summed E-state index contributed by atoms with van der Waals surface area (Å²) in [7, 11) is 0. The lowest BCUT2D eigenvalue weighted by atomic mass is 9.97. The number of amides is 1. The molecule has 4 aromatic carbocycles. The van der Waals surface area contributed by atoms with Gasteiger partial charge in [-0.25, -0.2) is 0 Å². The Labute approximate surface area is 260 Å². The van der Waals surface area contributed by atoms with E-state index in [-0.39, 0.29) is 11.8 Å². The highest BCUT2D eigenvalue weighted by Crippen LogP contribution is 2.34. The molecule has 0 saturated carbocycles. The van der Waals surface area contributed by atoms with Crippen molar-refractivity contribution in [2.24, 2.45) is 0 Å². The van der Waals surface area contributed by atoms with Crippen LogP contribution in [0.5, 0.6) is 0 Å². The predicted octanol–water partition coefficient (Wildman–Crippen LogP) is 8.51. The van der Waals surface area contributed by atoms with Gasteiger partial charge in [-0.05, 0) is 59.5 Å². The number of carbonyl (C=O) groups excluding carboxylic acids is 2. The molecule has 9 heteroatoms. The summed E-state index contributed by atoms with van der Waals surface area (Å²) in [6, 6.07) is 26.5. The molecule has 4 aromatic rings. The largest absolute Gasteiger partial charge is 0.416 e. The fourth-order valence-corrected chi connectivity index (χ4v) is 5.95. The molecule has 0 aromatic heterocycles. The van der Waals surface area contributed by atoms with Crippen LogP contribution in [0.15, 0.2) is 97.1 Å². The first-order chi connectivity index (χ1) is 21.2. The lowest BCUT2D eigenvalue weighted by Crippen LogP contribution is -2.49. The number of anilines is 2. The number of Topliss-reactive ketones (excluding diaryl/α,β-unsaturated/α-hetero) is 1. The number of benzene rings is 4. The minimum absolute atomic E-state index is 0.227. The van der Waals surface area contributed by atoms with Gasteiger partial charge in [-0.1, -0.05) is 79.2 Å². The van der Waals surface area contributed by atoms with Crippen molar-refractivity contribution in [2.75, 3.05) is 36.4 Å². The summed E-state index contributed by atoms with van der Waals surface area (Å²) in [5, 5.41) is 3.35. The van der Waals surface area contributed by atoms with Crippen LogP contribution in [-0.2, 0) is 11.0 Å². The molecule has 1 atom stereocenters. The van der Waals surface area contributed by atoms with E-state index in [9.17, 15) is 22.8 Å². The smallest absolute Gasteiger partial charge is 0.368 e. The average molecular weight is 620 g/mol. The summed E-state index contributed by atoms with van der Waals surface area (Å²) in [6.45, 7) is 4.79. The summed E-state index contributed by atoms with van der Waals surface area (Å²) >= 11 is 6.70. The maximum atomic E-state index is 13.3. The SMILES string of the molecule is CCCC(=O)C(c1ccccc1)N1CCN(c2ccc(NC(=O)c3ccccc3-c3ccc(C(F)(F)F)cc3)cc2Cl)CC1. The molecular weight excluding hydrogens is 587 g/mol. The number of halogens is 4. The third-order valence-electron chi connectivity index (χ3n) is 7.84. The van der Waals surface area contributed by atoms with E-state index >= 15 is 0 Å². The third-order valence-corrected chi connectivity index (χ3v) is 8.14. The molecule has 1 saturated heterocycles. The highest BCUT2D eigenvalue weighted by Gasteiger charge is 2.31. The third kappa shape index (κ3) is 7.14. The van der Waals surface area contributed by atoms with E-state index in [1.54, 1.807) is 36.4 Å². The second-order valence-corrected chi connectivity index (χ2v) is 11.2.